The lowest BCUT2D eigenvalue weighted by atomic mass is 10.2. The molecule has 2 aromatic rings. The average molecular weight is 474 g/mol. The van der Waals surface area contributed by atoms with E-state index in [1.54, 1.807) is 30.5 Å². The van der Waals surface area contributed by atoms with Crippen LogP contribution in [-0.2, 0) is 16.6 Å². The molecule has 1 aliphatic heterocycles. The van der Waals surface area contributed by atoms with Crippen LogP contribution in [0.1, 0.15) is 18.4 Å². The van der Waals surface area contributed by atoms with Gasteiger partial charge in [0.2, 0.25) is 10.0 Å². The van der Waals surface area contributed by atoms with E-state index in [-0.39, 0.29) is 23.3 Å². The number of nitrogens with two attached hydrogens (primary N) is 1. The normalized spacial score (nSPS) is 18.6. The van der Waals surface area contributed by atoms with Crippen LogP contribution in [0.3, 0.4) is 0 Å². The molecule has 1 aliphatic rings. The summed E-state index contributed by atoms with van der Waals surface area (Å²) in [4.78, 5) is 16.1. The summed E-state index contributed by atoms with van der Waals surface area (Å²) in [6.45, 7) is 2.64. The third-order valence-corrected chi connectivity index (χ3v) is 7.13. The molecule has 0 radical (unpaired) electrons. The Balaban J connectivity index is 1.89. The second-order valence-corrected chi connectivity index (χ2v) is 9.19. The van der Waals surface area contributed by atoms with Gasteiger partial charge in [0.15, 0.2) is 0 Å². The number of anilines is 1. The first kappa shape index (κ1) is 18.3. The van der Waals surface area contributed by atoms with E-state index in [2.05, 4.69) is 4.98 Å². The van der Waals surface area contributed by atoms with Gasteiger partial charge in [0.25, 0.3) is 0 Å². The van der Waals surface area contributed by atoms with Gasteiger partial charge >= 0.3 is 5.69 Å². The molecule has 0 amide bonds. The zero-order valence-corrected chi connectivity index (χ0v) is 16.7. The highest BCUT2D eigenvalue weighted by Crippen LogP contribution is 2.27. The molecule has 0 spiro atoms. The van der Waals surface area contributed by atoms with E-state index >= 15 is 0 Å². The van der Waals surface area contributed by atoms with Gasteiger partial charge < -0.3 is 5.73 Å². The fraction of sp³-hybridized carbons (Fsp3) is 0.375. The molecule has 9 heteroatoms. The zero-order valence-electron chi connectivity index (χ0n) is 13.7. The molecule has 1 fully saturated rings. The topological polar surface area (TPSA) is 98.3 Å². The summed E-state index contributed by atoms with van der Waals surface area (Å²) >= 11 is 2.01. The molecule has 0 aliphatic carbocycles. The fourth-order valence-electron chi connectivity index (χ4n) is 2.99. The molecule has 1 aromatic carbocycles. The number of aromatic nitrogens is 2. The molecule has 3 rings (SSSR count). The molecule has 1 atom stereocenters. The van der Waals surface area contributed by atoms with E-state index in [1.165, 1.54) is 8.87 Å². The predicted molar refractivity (Wildman–Crippen MR) is 104 cm³/mol. The Bertz CT molecular complexity index is 941. The van der Waals surface area contributed by atoms with E-state index in [1.807, 2.05) is 29.5 Å². The maximum atomic E-state index is 13.0. The van der Waals surface area contributed by atoms with Crippen LogP contribution in [0.2, 0.25) is 0 Å². The monoisotopic (exact) mass is 474 g/mol. The van der Waals surface area contributed by atoms with Gasteiger partial charge in [-0.2, -0.15) is 9.29 Å². The highest BCUT2D eigenvalue weighted by molar-refractivity contribution is 14.1. The SMILES string of the molecule is Cc1ccc(S(=O)(=O)N2CCC[C@@H]2Cn2cc(I)c(N)nc2=O)cc1. The largest absolute Gasteiger partial charge is 0.383 e. The Morgan fingerprint density at radius 3 is 2.68 bits per heavy atom. The van der Waals surface area contributed by atoms with Crippen LogP contribution in [0, 0.1) is 10.5 Å². The zero-order chi connectivity index (χ0) is 18.2. The van der Waals surface area contributed by atoms with Crippen molar-refractivity contribution in [1.29, 1.82) is 0 Å². The molecule has 1 aromatic heterocycles. The minimum absolute atomic E-state index is 0.192. The molecule has 2 heterocycles. The molecule has 2 N–H and O–H groups in total. The number of sulfonamides is 1. The van der Waals surface area contributed by atoms with Crippen LogP contribution in [0.15, 0.2) is 40.2 Å². The fourth-order valence-corrected chi connectivity index (χ4v) is 5.13. The summed E-state index contributed by atoms with van der Waals surface area (Å²) in [6, 6.07) is 6.55. The Hall–Kier alpha value is -1.46. The molecule has 25 heavy (non-hydrogen) atoms. The molecule has 0 bridgehead atoms. The first-order valence-electron chi connectivity index (χ1n) is 7.90. The third kappa shape index (κ3) is 3.72. The molecule has 0 unspecified atom stereocenters. The first-order valence-corrected chi connectivity index (χ1v) is 10.4. The molecular formula is C16H19IN4O3S. The lowest BCUT2D eigenvalue weighted by molar-refractivity contribution is 0.347. The van der Waals surface area contributed by atoms with Gasteiger partial charge in [0.1, 0.15) is 5.82 Å². The van der Waals surface area contributed by atoms with E-state index in [9.17, 15) is 13.2 Å². The second kappa shape index (κ2) is 7.04. The van der Waals surface area contributed by atoms with E-state index in [0.717, 1.165) is 12.0 Å². The molecule has 7 nitrogen and oxygen atoms in total. The van der Waals surface area contributed by atoms with Gasteiger partial charge in [0.05, 0.1) is 8.47 Å². The van der Waals surface area contributed by atoms with Crippen LogP contribution in [-0.4, -0.2) is 34.9 Å². The first-order chi connectivity index (χ1) is 11.8. The number of hydrogen-bond acceptors (Lipinski definition) is 5. The molecule has 1 saturated heterocycles. The quantitative estimate of drug-likeness (QED) is 0.679. The number of halogens is 1. The van der Waals surface area contributed by atoms with Crippen molar-refractivity contribution in [3.8, 4) is 0 Å². The highest BCUT2D eigenvalue weighted by Gasteiger charge is 2.35. The Labute approximate surface area is 160 Å². The summed E-state index contributed by atoms with van der Waals surface area (Å²) < 4.78 is 29.5. The Kier molecular flexibility index (Phi) is 5.16. The summed E-state index contributed by atoms with van der Waals surface area (Å²) in [5, 5.41) is 0. The lowest BCUT2D eigenvalue weighted by Gasteiger charge is -2.24. The van der Waals surface area contributed by atoms with E-state index in [4.69, 9.17) is 5.73 Å². The van der Waals surface area contributed by atoms with Crippen LogP contribution in [0.4, 0.5) is 5.82 Å². The highest BCUT2D eigenvalue weighted by atomic mass is 127. The van der Waals surface area contributed by atoms with Gasteiger partial charge in [-0.1, -0.05) is 17.7 Å². The van der Waals surface area contributed by atoms with Crippen molar-refractivity contribution in [2.75, 3.05) is 12.3 Å². The maximum Gasteiger partial charge on any atom is 0.349 e. The summed E-state index contributed by atoms with van der Waals surface area (Å²) in [5.41, 5.74) is 6.19. The van der Waals surface area contributed by atoms with Gasteiger partial charge in [-0.3, -0.25) is 4.57 Å². The van der Waals surface area contributed by atoms with Crippen molar-refractivity contribution >= 4 is 38.4 Å². The minimum Gasteiger partial charge on any atom is -0.383 e. The summed E-state index contributed by atoms with van der Waals surface area (Å²) in [7, 11) is -3.58. The molecule has 134 valence electrons. The van der Waals surface area contributed by atoms with E-state index in [0.29, 0.717) is 16.5 Å². The standard InChI is InChI=1S/C16H19IN4O3S/c1-11-4-6-13(7-5-11)25(23,24)21-8-2-3-12(21)9-20-10-14(17)15(18)19-16(20)22/h4-7,10,12H,2-3,8-9H2,1H3,(H2,18,19,22)/t12-/m1/s1. The number of aryl methyl sites for hydroxylation is 1. The summed E-state index contributed by atoms with van der Waals surface area (Å²) in [5.74, 6) is 0.192. The lowest BCUT2D eigenvalue weighted by Crippen LogP contribution is -2.40. The van der Waals surface area contributed by atoms with Crippen molar-refractivity contribution in [2.45, 2.75) is 37.2 Å². The number of benzene rings is 1. The third-order valence-electron chi connectivity index (χ3n) is 4.33. The van der Waals surface area contributed by atoms with Gasteiger partial charge in [-0.25, -0.2) is 13.2 Å². The van der Waals surface area contributed by atoms with Crippen LogP contribution < -0.4 is 11.4 Å². The minimum atomic E-state index is -3.58. The van der Waals surface area contributed by atoms with Gasteiger partial charge in [-0.15, -0.1) is 0 Å². The second-order valence-electron chi connectivity index (χ2n) is 6.13. The Morgan fingerprint density at radius 2 is 2.00 bits per heavy atom. The van der Waals surface area contributed by atoms with Crippen LogP contribution in [0.25, 0.3) is 0 Å². The van der Waals surface area contributed by atoms with Crippen molar-refractivity contribution in [3.05, 3.63) is 50.1 Å². The maximum absolute atomic E-state index is 13.0. The average Bonchev–Trinajstić information content (AvgIpc) is 3.02. The number of hydrogen-bond donors (Lipinski definition) is 1. The molecular weight excluding hydrogens is 455 g/mol. The van der Waals surface area contributed by atoms with Crippen molar-refractivity contribution < 1.29 is 8.42 Å². The number of nitrogens with zero attached hydrogens (tertiary/aromatic N) is 3. The number of rotatable bonds is 4. The van der Waals surface area contributed by atoms with Gasteiger partial charge in [0, 0.05) is 25.3 Å². The Morgan fingerprint density at radius 1 is 1.32 bits per heavy atom. The molecule has 0 saturated carbocycles. The van der Waals surface area contributed by atoms with Crippen LogP contribution in [0.5, 0.6) is 0 Å². The van der Waals surface area contributed by atoms with Crippen molar-refractivity contribution in [1.82, 2.24) is 13.9 Å². The van der Waals surface area contributed by atoms with Crippen molar-refractivity contribution in [3.63, 3.8) is 0 Å². The smallest absolute Gasteiger partial charge is 0.349 e. The van der Waals surface area contributed by atoms with Crippen molar-refractivity contribution in [2.24, 2.45) is 0 Å². The van der Waals surface area contributed by atoms with Gasteiger partial charge in [-0.05, 0) is 54.5 Å². The number of nitrogen functional groups attached to an aromatic ring is 1. The predicted octanol–water partition coefficient (Wildman–Crippen LogP) is 1.59. The summed E-state index contributed by atoms with van der Waals surface area (Å²) in [6.07, 6.45) is 3.10. The van der Waals surface area contributed by atoms with E-state index < -0.39 is 15.7 Å². The van der Waals surface area contributed by atoms with Crippen LogP contribution >= 0.6 is 22.6 Å².